The van der Waals surface area contributed by atoms with Crippen molar-refractivity contribution in [1.82, 2.24) is 39.6 Å². The Balaban J connectivity index is 1.15. The molecule has 37 heavy (non-hydrogen) atoms. The average Bonchev–Trinajstić information content (AvgIpc) is 3.52. The summed E-state index contributed by atoms with van der Waals surface area (Å²) >= 11 is 0. The number of aryl methyl sites for hydroxylation is 1. The summed E-state index contributed by atoms with van der Waals surface area (Å²) in [6.07, 6.45) is 9.21. The predicted octanol–water partition coefficient (Wildman–Crippen LogP) is 1.50. The first-order valence-corrected chi connectivity index (χ1v) is 14.9. The fourth-order valence-electron chi connectivity index (χ4n) is 5.72. The van der Waals surface area contributed by atoms with Gasteiger partial charge in [-0.3, -0.25) is 9.58 Å². The van der Waals surface area contributed by atoms with Crippen LogP contribution in [0.3, 0.4) is 0 Å². The third kappa shape index (κ3) is 5.41. The minimum atomic E-state index is -2.92. The van der Waals surface area contributed by atoms with E-state index in [0.717, 1.165) is 69.0 Å². The van der Waals surface area contributed by atoms with Crippen molar-refractivity contribution in [2.45, 2.75) is 56.7 Å². The molecule has 1 aliphatic carbocycles. The number of morpholine rings is 1. The molecular weight excluding hydrogens is 496 g/mol. The summed E-state index contributed by atoms with van der Waals surface area (Å²) in [6, 6.07) is 1.03. The van der Waals surface area contributed by atoms with Crippen molar-refractivity contribution in [2.75, 3.05) is 48.4 Å². The van der Waals surface area contributed by atoms with Crippen LogP contribution in [0.5, 0.6) is 0 Å². The molecule has 1 saturated carbocycles. The number of nitrogens with one attached hydrogen (secondary N) is 2. The second-order valence-electron chi connectivity index (χ2n) is 10.3. The van der Waals surface area contributed by atoms with Crippen molar-refractivity contribution in [3.8, 4) is 0 Å². The lowest BCUT2D eigenvalue weighted by molar-refractivity contribution is 0.00791. The average molecular weight is 531 g/mol. The highest BCUT2D eigenvalue weighted by Crippen LogP contribution is 2.29. The zero-order valence-corrected chi connectivity index (χ0v) is 21.9. The Morgan fingerprint density at radius 2 is 1.76 bits per heavy atom. The molecular formula is C23H34N10O3S. The summed E-state index contributed by atoms with van der Waals surface area (Å²) in [5.41, 5.74) is 2.04. The first kappa shape index (κ1) is 24.5. The number of rotatable bonds is 6. The van der Waals surface area contributed by atoms with Crippen molar-refractivity contribution in [1.29, 1.82) is 0 Å². The van der Waals surface area contributed by atoms with E-state index >= 15 is 0 Å². The molecule has 0 amide bonds. The molecule has 0 atom stereocenters. The fraction of sp³-hybridized carbons (Fsp3) is 0.696. The van der Waals surface area contributed by atoms with Gasteiger partial charge in [-0.05, 0) is 38.5 Å². The number of aromatic nitrogens is 7. The minimum absolute atomic E-state index is 0.0762. The van der Waals surface area contributed by atoms with Gasteiger partial charge in [0, 0.05) is 38.4 Å². The van der Waals surface area contributed by atoms with Gasteiger partial charge in [0.25, 0.3) is 0 Å². The number of sulfone groups is 1. The van der Waals surface area contributed by atoms with E-state index in [9.17, 15) is 8.42 Å². The highest BCUT2D eigenvalue weighted by molar-refractivity contribution is 7.91. The Labute approximate surface area is 215 Å². The van der Waals surface area contributed by atoms with Crippen molar-refractivity contribution in [3.05, 3.63) is 12.4 Å². The quantitative estimate of drug-likeness (QED) is 0.478. The Kier molecular flexibility index (Phi) is 6.71. The molecule has 3 aliphatic rings. The Bertz CT molecular complexity index is 1330. The zero-order chi connectivity index (χ0) is 25.4. The van der Waals surface area contributed by atoms with Crippen LogP contribution in [0.1, 0.15) is 44.6 Å². The number of ether oxygens (including phenoxy) is 1. The van der Waals surface area contributed by atoms with Gasteiger partial charge in [-0.1, -0.05) is 5.21 Å². The van der Waals surface area contributed by atoms with Crippen molar-refractivity contribution >= 4 is 38.5 Å². The molecule has 13 nitrogen and oxygen atoms in total. The van der Waals surface area contributed by atoms with Crippen molar-refractivity contribution < 1.29 is 13.2 Å². The van der Waals surface area contributed by atoms with Gasteiger partial charge in [0.1, 0.15) is 15.4 Å². The molecule has 5 heterocycles. The van der Waals surface area contributed by atoms with Crippen molar-refractivity contribution in [3.63, 3.8) is 0 Å². The van der Waals surface area contributed by atoms with E-state index in [1.54, 1.807) is 10.9 Å². The van der Waals surface area contributed by atoms with Gasteiger partial charge >= 0.3 is 0 Å². The first-order chi connectivity index (χ1) is 17.9. The minimum Gasteiger partial charge on any atom is -0.379 e. The van der Waals surface area contributed by atoms with E-state index in [2.05, 4.69) is 35.9 Å². The standard InChI is InChI=1S/C23H34N10O3S/c1-31-20-21(25-16-2-4-18(5-3-16)32-8-10-36-11-9-32)27-23(28-22(20)29-30-31)26-17-14-24-33(15-17)19-6-12-37(34,35)13-7-19/h14-16,18-19H,2-13H2,1H3,(H2,25,26,27,28)/t16-,18-. The summed E-state index contributed by atoms with van der Waals surface area (Å²) in [6.45, 7) is 3.73. The lowest BCUT2D eigenvalue weighted by Gasteiger charge is -2.39. The maximum absolute atomic E-state index is 11.8. The SMILES string of the molecule is Cn1nnc2nc(Nc3cnn(C4CCS(=O)(=O)CC4)c3)nc(N[C@H]3CC[C@H](N4CCOCC4)CC3)c21. The largest absolute Gasteiger partial charge is 0.379 e. The molecule has 2 saturated heterocycles. The Morgan fingerprint density at radius 3 is 2.51 bits per heavy atom. The lowest BCUT2D eigenvalue weighted by atomic mass is 9.90. The van der Waals surface area contributed by atoms with Crippen LogP contribution in [0.25, 0.3) is 11.2 Å². The van der Waals surface area contributed by atoms with Crippen LogP contribution in [-0.4, -0.2) is 98.0 Å². The van der Waals surface area contributed by atoms with E-state index in [4.69, 9.17) is 9.72 Å². The molecule has 3 fully saturated rings. The van der Waals surface area contributed by atoms with Crippen LogP contribution < -0.4 is 10.6 Å². The molecule has 0 unspecified atom stereocenters. The zero-order valence-electron chi connectivity index (χ0n) is 21.1. The monoisotopic (exact) mass is 530 g/mol. The summed E-state index contributed by atoms with van der Waals surface area (Å²) in [7, 11) is -1.07. The number of hydrogen-bond acceptors (Lipinski definition) is 11. The van der Waals surface area contributed by atoms with Gasteiger partial charge in [0.15, 0.2) is 5.82 Å². The molecule has 14 heteroatoms. The molecule has 0 bridgehead atoms. The van der Waals surface area contributed by atoms with Gasteiger partial charge in [-0.25, -0.2) is 13.1 Å². The summed E-state index contributed by atoms with van der Waals surface area (Å²) < 4.78 is 32.6. The Morgan fingerprint density at radius 1 is 1.00 bits per heavy atom. The fourth-order valence-corrected chi connectivity index (χ4v) is 7.18. The van der Waals surface area contributed by atoms with Crippen LogP contribution in [-0.2, 0) is 21.6 Å². The summed E-state index contributed by atoms with van der Waals surface area (Å²) in [4.78, 5) is 11.9. The van der Waals surface area contributed by atoms with E-state index in [1.807, 2.05) is 17.9 Å². The molecule has 3 aromatic heterocycles. The normalized spacial score (nSPS) is 25.3. The lowest BCUT2D eigenvalue weighted by Crippen LogP contribution is -2.46. The molecule has 2 aliphatic heterocycles. The van der Waals surface area contributed by atoms with Gasteiger partial charge in [0.05, 0.1) is 42.6 Å². The second kappa shape index (κ2) is 10.1. The van der Waals surface area contributed by atoms with E-state index in [1.165, 1.54) is 0 Å². The molecule has 2 N–H and O–H groups in total. The number of hydrogen-bond donors (Lipinski definition) is 2. The van der Waals surface area contributed by atoms with Gasteiger partial charge in [-0.2, -0.15) is 15.1 Å². The van der Waals surface area contributed by atoms with E-state index in [0.29, 0.717) is 36.5 Å². The molecule has 0 radical (unpaired) electrons. The smallest absolute Gasteiger partial charge is 0.231 e. The van der Waals surface area contributed by atoms with Gasteiger partial charge < -0.3 is 15.4 Å². The second-order valence-corrected chi connectivity index (χ2v) is 12.6. The number of anilines is 3. The highest BCUT2D eigenvalue weighted by Gasteiger charge is 2.28. The van der Waals surface area contributed by atoms with Crippen molar-refractivity contribution in [2.24, 2.45) is 7.05 Å². The third-order valence-corrected chi connectivity index (χ3v) is 9.53. The van der Waals surface area contributed by atoms with E-state index < -0.39 is 9.84 Å². The van der Waals surface area contributed by atoms with E-state index in [-0.39, 0.29) is 17.5 Å². The highest BCUT2D eigenvalue weighted by atomic mass is 32.2. The number of nitrogens with zero attached hydrogens (tertiary/aromatic N) is 8. The van der Waals surface area contributed by atoms with Crippen LogP contribution in [0.4, 0.5) is 17.5 Å². The molecule has 3 aromatic rings. The molecule has 200 valence electrons. The van der Waals surface area contributed by atoms with Crippen LogP contribution in [0, 0.1) is 0 Å². The maximum Gasteiger partial charge on any atom is 0.231 e. The van der Waals surface area contributed by atoms with Crippen LogP contribution in [0.2, 0.25) is 0 Å². The van der Waals surface area contributed by atoms with Crippen LogP contribution in [0.15, 0.2) is 12.4 Å². The molecule has 0 spiro atoms. The topological polar surface area (TPSA) is 145 Å². The Hall–Kier alpha value is -2.84. The molecule has 0 aromatic carbocycles. The number of fused-ring (bicyclic) bond motifs is 1. The van der Waals surface area contributed by atoms with Gasteiger partial charge in [-0.15, -0.1) is 5.10 Å². The van der Waals surface area contributed by atoms with Gasteiger partial charge in [0.2, 0.25) is 11.6 Å². The summed E-state index contributed by atoms with van der Waals surface area (Å²) in [5, 5.41) is 19.7. The maximum atomic E-state index is 11.8. The molecule has 6 rings (SSSR count). The predicted molar refractivity (Wildman–Crippen MR) is 139 cm³/mol. The third-order valence-electron chi connectivity index (χ3n) is 7.82. The summed E-state index contributed by atoms with van der Waals surface area (Å²) in [5.74, 6) is 1.55. The van der Waals surface area contributed by atoms with Crippen LogP contribution >= 0.6 is 0 Å². The first-order valence-electron chi connectivity index (χ1n) is 13.1.